The maximum absolute atomic E-state index is 12.5. The summed E-state index contributed by atoms with van der Waals surface area (Å²) in [5.41, 5.74) is 0.462. The molecule has 1 amide bonds. The van der Waals surface area contributed by atoms with Crippen LogP contribution >= 0.6 is 34.8 Å². The number of carbonyl (C=O) groups is 1. The fourth-order valence-corrected chi connectivity index (χ4v) is 3.34. The van der Waals surface area contributed by atoms with Gasteiger partial charge in [-0.3, -0.25) is 9.69 Å². The summed E-state index contributed by atoms with van der Waals surface area (Å²) in [4.78, 5) is 14.4. The van der Waals surface area contributed by atoms with Gasteiger partial charge in [-0.25, -0.2) is 0 Å². The number of halogens is 3. The Labute approximate surface area is 157 Å². The van der Waals surface area contributed by atoms with E-state index in [0.29, 0.717) is 24.4 Å². The zero-order chi connectivity index (χ0) is 17.9. The lowest BCUT2D eigenvalue weighted by atomic mass is 10.2. The van der Waals surface area contributed by atoms with Crippen molar-refractivity contribution in [2.75, 3.05) is 20.2 Å². The van der Waals surface area contributed by atoms with E-state index < -0.39 is 9.96 Å². The van der Waals surface area contributed by atoms with E-state index in [1.54, 1.807) is 31.4 Å². The Hall–Kier alpha value is -0.720. The SMILES string of the molecule is COc1ccc(C(=O)N[C@@H](N2C[C@@H](C)O[C@@H](C)C2)C(Cl)(Cl)Cl)cc1. The van der Waals surface area contributed by atoms with Gasteiger partial charge in [-0.1, -0.05) is 34.8 Å². The van der Waals surface area contributed by atoms with Crippen LogP contribution in [0.25, 0.3) is 0 Å². The van der Waals surface area contributed by atoms with Gasteiger partial charge in [0.05, 0.1) is 19.3 Å². The van der Waals surface area contributed by atoms with Crippen LogP contribution in [0, 0.1) is 0 Å². The Bertz CT molecular complexity index is 553. The first-order valence-corrected chi connectivity index (χ1v) is 8.75. The highest BCUT2D eigenvalue weighted by Crippen LogP contribution is 2.33. The summed E-state index contributed by atoms with van der Waals surface area (Å²) in [6.45, 7) is 5.02. The van der Waals surface area contributed by atoms with E-state index in [-0.39, 0.29) is 18.1 Å². The molecule has 5 nitrogen and oxygen atoms in total. The molecule has 0 bridgehead atoms. The number of rotatable bonds is 4. The fraction of sp³-hybridized carbons (Fsp3) is 0.562. The van der Waals surface area contributed by atoms with Crippen molar-refractivity contribution < 1.29 is 14.3 Å². The molecule has 0 radical (unpaired) electrons. The summed E-state index contributed by atoms with van der Waals surface area (Å²) in [5.74, 6) is 0.348. The minimum Gasteiger partial charge on any atom is -0.497 e. The largest absolute Gasteiger partial charge is 0.497 e. The van der Waals surface area contributed by atoms with Crippen LogP contribution in [0.15, 0.2) is 24.3 Å². The average molecular weight is 396 g/mol. The summed E-state index contributed by atoms with van der Waals surface area (Å²) < 4.78 is 9.11. The Morgan fingerprint density at radius 2 is 1.79 bits per heavy atom. The molecule has 0 spiro atoms. The van der Waals surface area contributed by atoms with Crippen LogP contribution in [0.5, 0.6) is 5.75 Å². The Balaban J connectivity index is 2.14. The lowest BCUT2D eigenvalue weighted by Crippen LogP contribution is -2.60. The maximum Gasteiger partial charge on any atom is 0.252 e. The molecule has 0 aliphatic carbocycles. The number of ether oxygens (including phenoxy) is 2. The second-order valence-electron chi connectivity index (χ2n) is 5.86. The third-order valence-corrected chi connectivity index (χ3v) is 4.36. The highest BCUT2D eigenvalue weighted by Gasteiger charge is 2.41. The van der Waals surface area contributed by atoms with Gasteiger partial charge in [-0.05, 0) is 38.1 Å². The number of nitrogens with zero attached hydrogens (tertiary/aromatic N) is 1. The first-order valence-electron chi connectivity index (χ1n) is 7.62. The smallest absolute Gasteiger partial charge is 0.252 e. The third-order valence-electron chi connectivity index (χ3n) is 3.74. The standard InChI is InChI=1S/C16H21Cl3N2O3/c1-10-8-21(9-11(2)24-10)15(16(17,18)19)20-14(22)12-4-6-13(23-3)7-5-12/h4-7,10-11,15H,8-9H2,1-3H3,(H,20,22)/t10-,11+,15-/m0/s1. The second-order valence-corrected chi connectivity index (χ2v) is 8.23. The molecule has 2 rings (SSSR count). The number of hydrogen-bond donors (Lipinski definition) is 1. The molecule has 1 fully saturated rings. The van der Waals surface area contributed by atoms with Crippen LogP contribution in [0.2, 0.25) is 0 Å². The number of methoxy groups -OCH3 is 1. The molecule has 0 aromatic heterocycles. The van der Waals surface area contributed by atoms with Crippen molar-refractivity contribution in [3.63, 3.8) is 0 Å². The molecule has 1 aromatic rings. The summed E-state index contributed by atoms with van der Waals surface area (Å²) in [6, 6.07) is 6.73. The van der Waals surface area contributed by atoms with Gasteiger partial charge in [0.2, 0.25) is 3.79 Å². The molecular weight excluding hydrogens is 375 g/mol. The van der Waals surface area contributed by atoms with Crippen LogP contribution in [-0.2, 0) is 4.74 Å². The van der Waals surface area contributed by atoms with Gasteiger partial charge in [-0.2, -0.15) is 0 Å². The number of carbonyl (C=O) groups excluding carboxylic acids is 1. The Morgan fingerprint density at radius 1 is 1.25 bits per heavy atom. The van der Waals surface area contributed by atoms with E-state index in [2.05, 4.69) is 5.32 Å². The molecule has 0 saturated carbocycles. The topological polar surface area (TPSA) is 50.8 Å². The van der Waals surface area contributed by atoms with Crippen molar-refractivity contribution in [3.8, 4) is 5.75 Å². The fourth-order valence-electron chi connectivity index (χ4n) is 2.76. The minimum absolute atomic E-state index is 0.0125. The van der Waals surface area contributed by atoms with Crippen molar-refractivity contribution in [2.45, 2.75) is 36.0 Å². The molecule has 134 valence electrons. The molecule has 0 unspecified atom stereocenters. The van der Waals surface area contributed by atoms with Crippen LogP contribution in [0.1, 0.15) is 24.2 Å². The number of benzene rings is 1. The zero-order valence-electron chi connectivity index (χ0n) is 13.8. The van der Waals surface area contributed by atoms with Gasteiger partial charge in [0.15, 0.2) is 0 Å². The van der Waals surface area contributed by atoms with Crippen molar-refractivity contribution in [3.05, 3.63) is 29.8 Å². The molecule has 3 atom stereocenters. The van der Waals surface area contributed by atoms with Crippen molar-refractivity contribution in [2.24, 2.45) is 0 Å². The van der Waals surface area contributed by atoms with Crippen LogP contribution < -0.4 is 10.1 Å². The number of morpholine rings is 1. The molecule has 1 N–H and O–H groups in total. The van der Waals surface area contributed by atoms with E-state index >= 15 is 0 Å². The van der Waals surface area contributed by atoms with Crippen molar-refractivity contribution in [1.82, 2.24) is 10.2 Å². The van der Waals surface area contributed by atoms with Gasteiger partial charge in [0, 0.05) is 18.7 Å². The number of alkyl halides is 3. The molecule has 8 heteroatoms. The van der Waals surface area contributed by atoms with Gasteiger partial charge < -0.3 is 14.8 Å². The molecular formula is C16H21Cl3N2O3. The normalized spacial score (nSPS) is 23.6. The van der Waals surface area contributed by atoms with E-state index in [9.17, 15) is 4.79 Å². The first-order chi connectivity index (χ1) is 11.2. The maximum atomic E-state index is 12.5. The van der Waals surface area contributed by atoms with Crippen LogP contribution in [0.3, 0.4) is 0 Å². The number of amides is 1. The highest BCUT2D eigenvalue weighted by atomic mass is 35.6. The van der Waals surface area contributed by atoms with Gasteiger partial charge in [0.1, 0.15) is 11.9 Å². The van der Waals surface area contributed by atoms with Gasteiger partial charge >= 0.3 is 0 Å². The summed E-state index contributed by atoms with van der Waals surface area (Å²) in [6.07, 6.45) is -0.783. The van der Waals surface area contributed by atoms with Crippen molar-refractivity contribution >= 4 is 40.7 Å². The van der Waals surface area contributed by atoms with Crippen molar-refractivity contribution in [1.29, 1.82) is 0 Å². The quantitative estimate of drug-likeness (QED) is 0.795. The highest BCUT2D eigenvalue weighted by molar-refractivity contribution is 6.68. The van der Waals surface area contributed by atoms with Gasteiger partial charge in [0.25, 0.3) is 5.91 Å². The monoisotopic (exact) mass is 394 g/mol. The predicted molar refractivity (Wildman–Crippen MR) is 96.1 cm³/mol. The number of hydrogen-bond acceptors (Lipinski definition) is 4. The Morgan fingerprint density at radius 3 is 2.25 bits per heavy atom. The first kappa shape index (κ1) is 19.6. The van der Waals surface area contributed by atoms with E-state index in [1.165, 1.54) is 0 Å². The summed E-state index contributed by atoms with van der Waals surface area (Å²) >= 11 is 18.4. The second kappa shape index (κ2) is 8.11. The lowest BCUT2D eigenvalue weighted by Gasteiger charge is -2.42. The van der Waals surface area contributed by atoms with E-state index in [0.717, 1.165) is 0 Å². The molecule has 1 aliphatic rings. The molecule has 1 saturated heterocycles. The molecule has 24 heavy (non-hydrogen) atoms. The zero-order valence-corrected chi connectivity index (χ0v) is 16.0. The third kappa shape index (κ3) is 5.14. The molecule has 1 aromatic carbocycles. The Kier molecular flexibility index (Phi) is 6.62. The lowest BCUT2D eigenvalue weighted by molar-refractivity contribution is -0.0826. The molecule has 1 aliphatic heterocycles. The minimum atomic E-state index is -1.67. The molecule has 1 heterocycles. The van der Waals surface area contributed by atoms with Crippen LogP contribution in [0.4, 0.5) is 0 Å². The number of nitrogens with one attached hydrogen (secondary N) is 1. The van der Waals surface area contributed by atoms with Crippen LogP contribution in [-0.4, -0.2) is 53.2 Å². The van der Waals surface area contributed by atoms with Gasteiger partial charge in [-0.15, -0.1) is 0 Å². The van der Waals surface area contributed by atoms with E-state index in [4.69, 9.17) is 44.3 Å². The summed E-state index contributed by atoms with van der Waals surface area (Å²) in [7, 11) is 1.56. The predicted octanol–water partition coefficient (Wildman–Crippen LogP) is 3.23. The summed E-state index contributed by atoms with van der Waals surface area (Å²) in [5, 5.41) is 2.82. The van der Waals surface area contributed by atoms with E-state index in [1.807, 2.05) is 18.7 Å². The average Bonchev–Trinajstić information content (AvgIpc) is 2.50.